The van der Waals surface area contributed by atoms with Crippen molar-refractivity contribution in [2.75, 3.05) is 11.4 Å². The van der Waals surface area contributed by atoms with Crippen LogP contribution < -0.4 is 4.90 Å². The van der Waals surface area contributed by atoms with Crippen LogP contribution in [0.15, 0.2) is 54.6 Å². The number of nitrogens with zero attached hydrogens (tertiary/aromatic N) is 2. The predicted octanol–water partition coefficient (Wildman–Crippen LogP) is 7.69. The molecule has 0 fully saturated rings. The highest BCUT2D eigenvalue weighted by molar-refractivity contribution is 7.22. The van der Waals surface area contributed by atoms with Gasteiger partial charge in [0.15, 0.2) is 5.13 Å². The van der Waals surface area contributed by atoms with Crippen molar-refractivity contribution in [1.29, 1.82) is 0 Å². The van der Waals surface area contributed by atoms with Crippen molar-refractivity contribution in [2.24, 2.45) is 0 Å². The van der Waals surface area contributed by atoms with Gasteiger partial charge in [-0.25, -0.2) is 4.98 Å². The number of anilines is 1. The minimum Gasteiger partial charge on any atom is -0.481 e. The summed E-state index contributed by atoms with van der Waals surface area (Å²) in [6, 6.07) is 15.6. The van der Waals surface area contributed by atoms with Crippen LogP contribution in [0.25, 0.3) is 21.3 Å². The quantitative estimate of drug-likeness (QED) is 0.241. The third-order valence-electron chi connectivity index (χ3n) is 5.89. The number of alkyl halides is 2. The number of aromatic nitrogens is 1. The summed E-state index contributed by atoms with van der Waals surface area (Å²) in [6.45, 7) is 6.96. The van der Waals surface area contributed by atoms with E-state index in [1.807, 2.05) is 25.1 Å². The maximum atomic E-state index is 14.9. The van der Waals surface area contributed by atoms with Crippen LogP contribution in [0.3, 0.4) is 0 Å². The van der Waals surface area contributed by atoms with Crippen molar-refractivity contribution >= 4 is 44.3 Å². The van der Waals surface area contributed by atoms with Crippen molar-refractivity contribution < 1.29 is 23.8 Å². The van der Waals surface area contributed by atoms with E-state index in [1.165, 1.54) is 17.4 Å². The van der Waals surface area contributed by atoms with Gasteiger partial charge in [0.2, 0.25) is 0 Å². The Bertz CT molecular complexity index is 1520. The number of hydrogen-bond acceptors (Lipinski definition) is 5. The van der Waals surface area contributed by atoms with Crippen LogP contribution in [0, 0.1) is 19.8 Å². The van der Waals surface area contributed by atoms with Crippen LogP contribution in [0.4, 0.5) is 13.9 Å². The Balaban J connectivity index is 0.000000570. The minimum absolute atomic E-state index is 0.0591. The second kappa shape index (κ2) is 12.3. The molecule has 9 heteroatoms. The van der Waals surface area contributed by atoms with Crippen molar-refractivity contribution in [2.45, 2.75) is 52.2 Å². The second-order valence-corrected chi connectivity index (χ2v) is 11.8. The van der Waals surface area contributed by atoms with Crippen LogP contribution in [0.2, 0.25) is 5.02 Å². The van der Waals surface area contributed by atoms with Gasteiger partial charge >= 0.3 is 5.97 Å². The zero-order valence-corrected chi connectivity index (χ0v) is 24.3. The molecule has 3 aromatic carbocycles. The fourth-order valence-corrected chi connectivity index (χ4v) is 5.66. The number of hydrogen-bond donors (Lipinski definition) is 2. The molecule has 0 radical (unpaired) electrons. The zero-order valence-electron chi connectivity index (χ0n) is 22.7. The first-order valence-electron chi connectivity index (χ1n) is 12.4. The number of carboxylic acids is 1. The number of aliphatic hydroxyl groups is 1. The van der Waals surface area contributed by atoms with Crippen LogP contribution in [0.1, 0.15) is 43.0 Å². The minimum atomic E-state index is -2.99. The van der Waals surface area contributed by atoms with E-state index in [1.54, 1.807) is 56.0 Å². The molecular weight excluding hydrogens is 554 g/mol. The molecule has 5 rings (SSSR count). The molecule has 40 heavy (non-hydrogen) atoms. The molecule has 0 spiro atoms. The number of carboxylic acid groups (broad SMARTS) is 1. The standard InChI is InChI=1S/C25H19ClF2N2O2S.C4H10O.C2H2/c1-14-10-20-23(22(18(14)11-21(31)32)15-6-8-17(26)9-7-15)33-24(29-20)30-12-16-4-2-3-5-19(16)25(27,28)13-30;1-4(2,3)5;1-2/h2-10H,11-13H2,1H3,(H,31,32);5H,1-3H3;1-2H. The highest BCUT2D eigenvalue weighted by Gasteiger charge is 2.41. The number of aliphatic carboxylic acids is 1. The van der Waals surface area contributed by atoms with Gasteiger partial charge in [-0.3, -0.25) is 4.79 Å². The summed E-state index contributed by atoms with van der Waals surface area (Å²) in [7, 11) is 0. The molecule has 0 amide bonds. The molecule has 0 saturated carbocycles. The van der Waals surface area contributed by atoms with Crippen molar-refractivity contribution in [1.82, 2.24) is 4.98 Å². The largest absolute Gasteiger partial charge is 0.481 e. The van der Waals surface area contributed by atoms with Gasteiger partial charge in [0.05, 0.1) is 28.8 Å². The lowest BCUT2D eigenvalue weighted by molar-refractivity contribution is -0.136. The van der Waals surface area contributed by atoms with Gasteiger partial charge in [0, 0.05) is 22.7 Å². The number of carbonyl (C=O) groups is 1. The number of thiazole rings is 1. The fourth-order valence-electron chi connectivity index (χ4n) is 4.40. The van der Waals surface area contributed by atoms with Gasteiger partial charge in [-0.05, 0) is 68.1 Å². The summed E-state index contributed by atoms with van der Waals surface area (Å²) in [5.74, 6) is -3.93. The first-order valence-corrected chi connectivity index (χ1v) is 13.6. The highest BCUT2D eigenvalue weighted by atomic mass is 35.5. The molecule has 0 atom stereocenters. The molecule has 1 aliphatic heterocycles. The third kappa shape index (κ3) is 7.36. The smallest absolute Gasteiger partial charge is 0.307 e. The summed E-state index contributed by atoms with van der Waals surface area (Å²) < 4.78 is 30.6. The maximum absolute atomic E-state index is 14.9. The maximum Gasteiger partial charge on any atom is 0.307 e. The number of terminal acetylenes is 1. The van der Waals surface area contributed by atoms with Gasteiger partial charge < -0.3 is 15.1 Å². The Morgan fingerprint density at radius 1 is 1.15 bits per heavy atom. The molecule has 2 N–H and O–H groups in total. The summed E-state index contributed by atoms with van der Waals surface area (Å²) in [4.78, 5) is 17.9. The molecule has 2 heterocycles. The van der Waals surface area contributed by atoms with Gasteiger partial charge in [0.25, 0.3) is 5.92 Å². The Kier molecular flexibility index (Phi) is 9.57. The van der Waals surface area contributed by atoms with Gasteiger partial charge in [-0.15, -0.1) is 12.8 Å². The normalized spacial score (nSPS) is 13.9. The molecule has 0 aliphatic carbocycles. The number of aryl methyl sites for hydroxylation is 1. The Morgan fingerprint density at radius 3 is 2.35 bits per heavy atom. The Morgan fingerprint density at radius 2 is 1.75 bits per heavy atom. The number of rotatable bonds is 4. The lowest BCUT2D eigenvalue weighted by Crippen LogP contribution is -2.40. The lowest BCUT2D eigenvalue weighted by atomic mass is 9.93. The second-order valence-electron chi connectivity index (χ2n) is 10.4. The molecular formula is C31H31ClF2N2O3S. The molecule has 210 valence electrons. The summed E-state index contributed by atoms with van der Waals surface area (Å²) >= 11 is 7.38. The van der Waals surface area contributed by atoms with Crippen molar-refractivity contribution in [3.8, 4) is 24.0 Å². The zero-order chi connectivity index (χ0) is 29.8. The molecule has 0 saturated heterocycles. The molecule has 1 aromatic heterocycles. The predicted molar refractivity (Wildman–Crippen MR) is 159 cm³/mol. The van der Waals surface area contributed by atoms with Crippen molar-refractivity contribution in [3.05, 3.63) is 81.9 Å². The van der Waals surface area contributed by atoms with Crippen LogP contribution in [-0.4, -0.2) is 33.3 Å². The molecule has 0 bridgehead atoms. The Labute approximate surface area is 242 Å². The highest BCUT2D eigenvalue weighted by Crippen LogP contribution is 2.44. The molecule has 0 unspecified atom stereocenters. The van der Waals surface area contributed by atoms with Crippen molar-refractivity contribution in [3.63, 3.8) is 0 Å². The van der Waals surface area contributed by atoms with Gasteiger partial charge in [0.1, 0.15) is 0 Å². The van der Waals surface area contributed by atoms with E-state index in [2.05, 4.69) is 12.8 Å². The first-order chi connectivity index (χ1) is 18.7. The molecule has 1 aliphatic rings. The van der Waals surface area contributed by atoms with Gasteiger partial charge in [-0.2, -0.15) is 8.78 Å². The van der Waals surface area contributed by atoms with E-state index in [0.29, 0.717) is 33.3 Å². The average molecular weight is 585 g/mol. The van der Waals surface area contributed by atoms with E-state index < -0.39 is 24.0 Å². The summed E-state index contributed by atoms with van der Waals surface area (Å²) in [6.07, 6.45) is 7.85. The molecule has 5 nitrogen and oxygen atoms in total. The van der Waals surface area contributed by atoms with Crippen LogP contribution in [0.5, 0.6) is 0 Å². The van der Waals surface area contributed by atoms with E-state index in [-0.39, 0.29) is 12.0 Å². The van der Waals surface area contributed by atoms with E-state index in [9.17, 15) is 18.7 Å². The summed E-state index contributed by atoms with van der Waals surface area (Å²) in [5, 5.41) is 19.1. The van der Waals surface area contributed by atoms with E-state index in [4.69, 9.17) is 21.7 Å². The summed E-state index contributed by atoms with van der Waals surface area (Å²) in [5.41, 5.74) is 3.85. The molecule has 4 aromatic rings. The SMILES string of the molecule is C#C.CC(C)(C)O.Cc1cc2nc(N3Cc4ccccc4C(F)(F)C3)sc2c(-c2ccc(Cl)cc2)c1CC(=O)O. The number of fused-ring (bicyclic) bond motifs is 2. The number of halogens is 3. The van der Waals surface area contributed by atoms with Gasteiger partial charge in [-0.1, -0.05) is 59.3 Å². The third-order valence-corrected chi connectivity index (χ3v) is 7.30. The van der Waals surface area contributed by atoms with E-state index >= 15 is 0 Å². The topological polar surface area (TPSA) is 73.7 Å². The lowest BCUT2D eigenvalue weighted by Gasteiger charge is -2.34. The monoisotopic (exact) mass is 584 g/mol. The number of benzene rings is 3. The average Bonchev–Trinajstić information content (AvgIpc) is 3.28. The van der Waals surface area contributed by atoms with Crippen LogP contribution in [-0.2, 0) is 23.7 Å². The Hall–Kier alpha value is -3.51. The first kappa shape index (κ1) is 31.0. The van der Waals surface area contributed by atoms with E-state index in [0.717, 1.165) is 21.4 Å². The fraction of sp³-hybridized carbons (Fsp3) is 0.290. The van der Waals surface area contributed by atoms with Crippen LogP contribution >= 0.6 is 22.9 Å².